The number of fused-ring (bicyclic) bond motifs is 1. The Bertz CT molecular complexity index is 704. The molecule has 4 rings (SSSR count). The molecule has 1 saturated heterocycles. The maximum absolute atomic E-state index is 5.98. The summed E-state index contributed by atoms with van der Waals surface area (Å²) in [4.78, 5) is 11.0. The Balaban J connectivity index is 1.70. The predicted molar refractivity (Wildman–Crippen MR) is 89.7 cm³/mol. The van der Waals surface area contributed by atoms with Crippen LogP contribution in [0.5, 0.6) is 0 Å². The molecule has 7 nitrogen and oxygen atoms in total. The van der Waals surface area contributed by atoms with E-state index in [1.807, 2.05) is 19.4 Å². The van der Waals surface area contributed by atoms with E-state index in [0.717, 1.165) is 43.5 Å². The van der Waals surface area contributed by atoms with Crippen LogP contribution in [-0.4, -0.2) is 38.9 Å². The molecule has 3 heterocycles. The first-order valence-corrected chi connectivity index (χ1v) is 8.26. The molecule has 2 unspecified atom stereocenters. The minimum Gasteiger partial charge on any atom is -0.382 e. The summed E-state index contributed by atoms with van der Waals surface area (Å²) in [5, 5.41) is 8.16. The smallest absolute Gasteiger partial charge is 0.232 e. The van der Waals surface area contributed by atoms with E-state index in [1.54, 1.807) is 10.9 Å². The number of aryl methyl sites for hydroxylation is 1. The summed E-state index contributed by atoms with van der Waals surface area (Å²) >= 11 is 5.98. The molecule has 3 N–H and O–H groups in total. The molecule has 23 heavy (non-hydrogen) atoms. The molecule has 1 saturated carbocycles. The zero-order valence-corrected chi connectivity index (χ0v) is 13.7. The van der Waals surface area contributed by atoms with Crippen LogP contribution in [0.25, 0.3) is 0 Å². The van der Waals surface area contributed by atoms with Gasteiger partial charge in [0.15, 0.2) is 0 Å². The lowest BCUT2D eigenvalue weighted by molar-refractivity contribution is 0.494. The topological polar surface area (TPSA) is 84.9 Å². The molecule has 0 spiro atoms. The van der Waals surface area contributed by atoms with Gasteiger partial charge < -0.3 is 16.0 Å². The van der Waals surface area contributed by atoms with Crippen LogP contribution in [0, 0.1) is 11.8 Å². The monoisotopic (exact) mass is 333 g/mol. The second-order valence-corrected chi connectivity index (χ2v) is 6.86. The number of nitrogens with zero attached hydrogens (tertiary/aromatic N) is 5. The molecule has 2 fully saturated rings. The van der Waals surface area contributed by atoms with Crippen LogP contribution in [0.15, 0.2) is 18.6 Å². The third kappa shape index (κ3) is 2.64. The van der Waals surface area contributed by atoms with Gasteiger partial charge in [-0.1, -0.05) is 11.6 Å². The lowest BCUT2D eigenvalue weighted by Crippen LogP contribution is -2.32. The first kappa shape index (κ1) is 14.7. The van der Waals surface area contributed by atoms with Gasteiger partial charge in [-0.25, -0.2) is 4.98 Å². The quantitative estimate of drug-likeness (QED) is 0.887. The van der Waals surface area contributed by atoms with Crippen molar-refractivity contribution in [1.82, 2.24) is 25.1 Å². The second kappa shape index (κ2) is 5.65. The van der Waals surface area contributed by atoms with E-state index < -0.39 is 0 Å². The van der Waals surface area contributed by atoms with Crippen molar-refractivity contribution in [3.63, 3.8) is 0 Å². The third-order valence-corrected chi connectivity index (χ3v) is 5.23. The number of aromatic nitrogens is 4. The molecule has 0 radical (unpaired) electrons. The van der Waals surface area contributed by atoms with Crippen LogP contribution in [0.4, 0.5) is 17.5 Å². The zero-order valence-electron chi connectivity index (χ0n) is 13.0. The Hall–Kier alpha value is -1.86. The molecular formula is C15H20ClN7. The van der Waals surface area contributed by atoms with Gasteiger partial charge in [-0.05, 0) is 37.8 Å². The number of nitrogens with one attached hydrogen (secondary N) is 1. The van der Waals surface area contributed by atoms with E-state index in [4.69, 9.17) is 17.3 Å². The number of nitrogens with two attached hydrogens (primary N) is 1. The number of hydrogen-bond donors (Lipinski definition) is 2. The van der Waals surface area contributed by atoms with Gasteiger partial charge in [0.25, 0.3) is 0 Å². The second-order valence-electron chi connectivity index (χ2n) is 6.45. The molecule has 2 aromatic rings. The minimum atomic E-state index is 0.311. The van der Waals surface area contributed by atoms with Crippen molar-refractivity contribution in [2.45, 2.75) is 18.9 Å². The average molecular weight is 334 g/mol. The van der Waals surface area contributed by atoms with Crippen molar-refractivity contribution in [3.05, 3.63) is 23.6 Å². The summed E-state index contributed by atoms with van der Waals surface area (Å²) in [6.07, 6.45) is 7.65. The summed E-state index contributed by atoms with van der Waals surface area (Å²) in [7, 11) is 1.91. The Labute approximate surface area is 139 Å². The maximum atomic E-state index is 5.98. The number of anilines is 3. The van der Waals surface area contributed by atoms with E-state index in [0.29, 0.717) is 22.8 Å². The van der Waals surface area contributed by atoms with Gasteiger partial charge in [-0.2, -0.15) is 10.1 Å². The van der Waals surface area contributed by atoms with Crippen LogP contribution in [0.1, 0.15) is 12.8 Å². The molecule has 2 aliphatic rings. The predicted octanol–water partition coefficient (Wildman–Crippen LogP) is 1.58. The maximum Gasteiger partial charge on any atom is 0.232 e. The van der Waals surface area contributed by atoms with E-state index in [9.17, 15) is 0 Å². The number of halogens is 1. The van der Waals surface area contributed by atoms with Crippen LogP contribution in [0.3, 0.4) is 0 Å². The van der Waals surface area contributed by atoms with Crippen molar-refractivity contribution in [2.24, 2.45) is 18.9 Å². The van der Waals surface area contributed by atoms with Crippen molar-refractivity contribution in [2.75, 3.05) is 23.7 Å². The number of rotatable bonds is 3. The first-order chi connectivity index (χ1) is 11.1. The highest BCUT2D eigenvalue weighted by Gasteiger charge is 2.41. The Morgan fingerprint density at radius 1 is 1.30 bits per heavy atom. The highest BCUT2D eigenvalue weighted by atomic mass is 35.5. The Morgan fingerprint density at radius 3 is 2.65 bits per heavy atom. The van der Waals surface area contributed by atoms with Crippen LogP contribution in [0.2, 0.25) is 5.02 Å². The molecule has 2 aromatic heterocycles. The molecule has 0 aromatic carbocycles. The molecular weight excluding hydrogens is 314 g/mol. The molecule has 2 atom stereocenters. The summed E-state index contributed by atoms with van der Waals surface area (Å²) < 4.78 is 1.79. The largest absolute Gasteiger partial charge is 0.382 e. The van der Waals surface area contributed by atoms with Crippen molar-refractivity contribution >= 4 is 29.1 Å². The summed E-state index contributed by atoms with van der Waals surface area (Å²) in [6, 6.07) is 0.358. The van der Waals surface area contributed by atoms with Gasteiger partial charge in [-0.3, -0.25) is 4.68 Å². The number of nitrogen functional groups attached to an aromatic ring is 1. The lowest BCUT2D eigenvalue weighted by Gasteiger charge is -2.28. The summed E-state index contributed by atoms with van der Waals surface area (Å²) in [5.74, 6) is 2.36. The molecule has 122 valence electrons. The summed E-state index contributed by atoms with van der Waals surface area (Å²) in [6.45, 7) is 2.21. The van der Waals surface area contributed by atoms with Gasteiger partial charge in [0.1, 0.15) is 10.8 Å². The fourth-order valence-corrected chi connectivity index (χ4v) is 3.94. The molecule has 0 bridgehead atoms. The SMILES string of the molecule is Cn1cc(N(c2ncc(Cl)c(N)n2)C2CC3CNCC3C2)cn1. The standard InChI is InChI=1S/C15H20ClN7/c1-22-8-12(6-20-22)23(15-19-7-13(16)14(17)21-15)11-2-9-4-18-5-10(9)3-11/h6-11,18H,2-5H2,1H3,(H2,17,19,21). The van der Waals surface area contributed by atoms with Crippen molar-refractivity contribution < 1.29 is 0 Å². The van der Waals surface area contributed by atoms with Crippen LogP contribution in [-0.2, 0) is 7.05 Å². The number of hydrogen-bond acceptors (Lipinski definition) is 6. The minimum absolute atomic E-state index is 0.311. The molecule has 1 aliphatic carbocycles. The van der Waals surface area contributed by atoms with Crippen LogP contribution < -0.4 is 16.0 Å². The van der Waals surface area contributed by atoms with Crippen molar-refractivity contribution in [3.8, 4) is 0 Å². The highest BCUT2D eigenvalue weighted by molar-refractivity contribution is 6.32. The molecule has 0 amide bonds. The fourth-order valence-electron chi connectivity index (χ4n) is 3.85. The normalized spacial score (nSPS) is 26.4. The zero-order chi connectivity index (χ0) is 16.0. The van der Waals surface area contributed by atoms with E-state index in [-0.39, 0.29) is 0 Å². The van der Waals surface area contributed by atoms with E-state index >= 15 is 0 Å². The Kier molecular flexibility index (Phi) is 3.61. The van der Waals surface area contributed by atoms with Gasteiger partial charge in [0.2, 0.25) is 5.95 Å². The molecule has 8 heteroatoms. The van der Waals surface area contributed by atoms with Gasteiger partial charge in [0.05, 0.1) is 18.1 Å². The fraction of sp³-hybridized carbons (Fsp3) is 0.533. The van der Waals surface area contributed by atoms with E-state index in [1.165, 1.54) is 0 Å². The molecule has 1 aliphatic heterocycles. The Morgan fingerprint density at radius 2 is 2.04 bits per heavy atom. The lowest BCUT2D eigenvalue weighted by atomic mass is 10.0. The average Bonchev–Trinajstić information content (AvgIpc) is 3.20. The highest BCUT2D eigenvalue weighted by Crippen LogP contribution is 2.41. The van der Waals surface area contributed by atoms with Crippen LogP contribution >= 0.6 is 11.6 Å². The van der Waals surface area contributed by atoms with Gasteiger partial charge in [0, 0.05) is 19.3 Å². The first-order valence-electron chi connectivity index (χ1n) is 7.88. The van der Waals surface area contributed by atoms with Crippen molar-refractivity contribution in [1.29, 1.82) is 0 Å². The van der Waals surface area contributed by atoms with Gasteiger partial charge >= 0.3 is 0 Å². The van der Waals surface area contributed by atoms with Gasteiger partial charge in [-0.15, -0.1) is 0 Å². The summed E-state index contributed by atoms with van der Waals surface area (Å²) in [5.41, 5.74) is 6.88. The third-order valence-electron chi connectivity index (χ3n) is 4.94. The van der Waals surface area contributed by atoms with E-state index in [2.05, 4.69) is 25.3 Å².